The molecule has 2 rings (SSSR count). The van der Waals surface area contributed by atoms with Gasteiger partial charge in [-0.15, -0.1) is 11.3 Å². The van der Waals surface area contributed by atoms with Gasteiger partial charge in [0.15, 0.2) is 6.61 Å². The zero-order chi connectivity index (χ0) is 18.2. The SMILES string of the molecule is CCc1cccc(CC)c1NC(=O)COC(=O)/C=C/c1ccc(C)s1. The zero-order valence-corrected chi connectivity index (χ0v) is 15.6. The fraction of sp³-hybridized carbons (Fsp3) is 0.300. The molecule has 0 aliphatic carbocycles. The quantitative estimate of drug-likeness (QED) is 0.591. The van der Waals surface area contributed by atoms with Crippen molar-refractivity contribution in [2.45, 2.75) is 33.6 Å². The Morgan fingerprint density at radius 2 is 1.80 bits per heavy atom. The maximum absolute atomic E-state index is 12.1. The number of anilines is 1. The van der Waals surface area contributed by atoms with Crippen molar-refractivity contribution < 1.29 is 14.3 Å². The van der Waals surface area contributed by atoms with Crippen LogP contribution in [-0.2, 0) is 27.2 Å². The summed E-state index contributed by atoms with van der Waals surface area (Å²) in [6.45, 7) is 5.79. The van der Waals surface area contributed by atoms with Gasteiger partial charge >= 0.3 is 5.97 Å². The Kier molecular flexibility index (Phi) is 6.95. The molecule has 0 radical (unpaired) electrons. The predicted octanol–water partition coefficient (Wildman–Crippen LogP) is 4.38. The number of aryl methyl sites for hydroxylation is 3. The molecule has 1 N–H and O–H groups in total. The van der Waals surface area contributed by atoms with Gasteiger partial charge in [0.2, 0.25) is 0 Å². The molecule has 0 aliphatic heterocycles. The first-order valence-electron chi connectivity index (χ1n) is 8.35. The number of rotatable bonds is 7. The monoisotopic (exact) mass is 357 g/mol. The molecule has 2 aromatic rings. The summed E-state index contributed by atoms with van der Waals surface area (Å²) < 4.78 is 5.02. The number of thiophene rings is 1. The minimum Gasteiger partial charge on any atom is -0.452 e. The van der Waals surface area contributed by atoms with Crippen LogP contribution in [0.4, 0.5) is 5.69 Å². The van der Waals surface area contributed by atoms with Crippen molar-refractivity contribution in [2.75, 3.05) is 11.9 Å². The van der Waals surface area contributed by atoms with Crippen LogP contribution in [0.15, 0.2) is 36.4 Å². The van der Waals surface area contributed by atoms with Crippen LogP contribution in [-0.4, -0.2) is 18.5 Å². The number of esters is 1. The first-order chi connectivity index (χ1) is 12.0. The Labute approximate surface area is 152 Å². The normalized spacial score (nSPS) is 10.8. The summed E-state index contributed by atoms with van der Waals surface area (Å²) in [6.07, 6.45) is 4.69. The molecule has 1 aromatic carbocycles. The third-order valence-electron chi connectivity index (χ3n) is 3.75. The number of nitrogens with one attached hydrogen (secondary N) is 1. The summed E-state index contributed by atoms with van der Waals surface area (Å²) in [5, 5.41) is 2.88. The highest BCUT2D eigenvalue weighted by molar-refractivity contribution is 7.12. The number of hydrogen-bond acceptors (Lipinski definition) is 4. The average Bonchev–Trinajstić information content (AvgIpc) is 3.03. The van der Waals surface area contributed by atoms with E-state index in [2.05, 4.69) is 5.32 Å². The van der Waals surface area contributed by atoms with Crippen molar-refractivity contribution in [2.24, 2.45) is 0 Å². The van der Waals surface area contributed by atoms with Gasteiger partial charge in [0.1, 0.15) is 0 Å². The lowest BCUT2D eigenvalue weighted by atomic mass is 10.0. The Morgan fingerprint density at radius 3 is 2.36 bits per heavy atom. The molecule has 0 saturated carbocycles. The van der Waals surface area contributed by atoms with Gasteiger partial charge in [-0.25, -0.2) is 4.79 Å². The predicted molar refractivity (Wildman–Crippen MR) is 103 cm³/mol. The maximum atomic E-state index is 12.1. The molecular weight excluding hydrogens is 334 g/mol. The molecule has 132 valence electrons. The molecule has 1 aromatic heterocycles. The minimum absolute atomic E-state index is 0.298. The van der Waals surface area contributed by atoms with Gasteiger partial charge in [0, 0.05) is 21.5 Å². The van der Waals surface area contributed by atoms with Gasteiger partial charge in [0.05, 0.1) is 0 Å². The molecular formula is C20H23NO3S. The second-order valence-corrected chi connectivity index (χ2v) is 6.92. The number of hydrogen-bond donors (Lipinski definition) is 1. The molecule has 0 bridgehead atoms. The van der Waals surface area contributed by atoms with Crippen molar-refractivity contribution in [3.8, 4) is 0 Å². The molecule has 25 heavy (non-hydrogen) atoms. The molecule has 0 unspecified atom stereocenters. The van der Waals surface area contributed by atoms with E-state index in [9.17, 15) is 9.59 Å². The Bertz CT molecular complexity index is 755. The fourth-order valence-electron chi connectivity index (χ4n) is 2.46. The van der Waals surface area contributed by atoms with Gasteiger partial charge in [0.25, 0.3) is 5.91 Å². The summed E-state index contributed by atoms with van der Waals surface area (Å²) in [5.41, 5.74) is 2.98. The van der Waals surface area contributed by atoms with E-state index in [-0.39, 0.29) is 12.5 Å². The van der Waals surface area contributed by atoms with Crippen molar-refractivity contribution in [3.63, 3.8) is 0 Å². The molecule has 0 saturated heterocycles. The molecule has 0 atom stereocenters. The van der Waals surface area contributed by atoms with E-state index >= 15 is 0 Å². The van der Waals surface area contributed by atoms with E-state index in [4.69, 9.17) is 4.74 Å². The van der Waals surface area contributed by atoms with Gasteiger partial charge in [-0.05, 0) is 49.1 Å². The third kappa shape index (κ3) is 5.57. The molecule has 0 aliphatic rings. The molecule has 1 heterocycles. The van der Waals surface area contributed by atoms with Crippen LogP contribution >= 0.6 is 11.3 Å². The second kappa shape index (κ2) is 9.18. The van der Waals surface area contributed by atoms with E-state index < -0.39 is 5.97 Å². The van der Waals surface area contributed by atoms with Crippen LogP contribution in [0.5, 0.6) is 0 Å². The molecule has 1 amide bonds. The number of para-hydroxylation sites is 1. The molecule has 0 fully saturated rings. The molecule has 0 spiro atoms. The summed E-state index contributed by atoms with van der Waals surface area (Å²) >= 11 is 1.59. The van der Waals surface area contributed by atoms with Crippen molar-refractivity contribution in [1.82, 2.24) is 0 Å². The smallest absolute Gasteiger partial charge is 0.331 e. The first kappa shape index (κ1) is 18.9. The summed E-state index contributed by atoms with van der Waals surface area (Å²) in [7, 11) is 0. The Balaban J connectivity index is 1.90. The minimum atomic E-state index is -0.527. The lowest BCUT2D eigenvalue weighted by molar-refractivity contribution is -0.142. The summed E-state index contributed by atoms with van der Waals surface area (Å²) in [4.78, 5) is 26.0. The largest absolute Gasteiger partial charge is 0.452 e. The topological polar surface area (TPSA) is 55.4 Å². The second-order valence-electron chi connectivity index (χ2n) is 5.60. The summed E-state index contributed by atoms with van der Waals surface area (Å²) in [5.74, 6) is -0.856. The van der Waals surface area contributed by atoms with E-state index in [1.807, 2.05) is 51.1 Å². The highest BCUT2D eigenvalue weighted by Crippen LogP contribution is 2.22. The van der Waals surface area contributed by atoms with Gasteiger partial charge in [-0.1, -0.05) is 32.0 Å². The summed E-state index contributed by atoms with van der Waals surface area (Å²) in [6, 6.07) is 9.90. The zero-order valence-electron chi connectivity index (χ0n) is 14.8. The van der Waals surface area contributed by atoms with E-state index in [1.165, 1.54) is 11.0 Å². The van der Waals surface area contributed by atoms with Crippen LogP contribution in [0.3, 0.4) is 0 Å². The van der Waals surface area contributed by atoms with Gasteiger partial charge < -0.3 is 10.1 Å². The number of ether oxygens (including phenoxy) is 1. The van der Waals surface area contributed by atoms with Gasteiger partial charge in [-0.2, -0.15) is 0 Å². The van der Waals surface area contributed by atoms with Crippen LogP contribution in [0.2, 0.25) is 0 Å². The fourth-order valence-corrected chi connectivity index (χ4v) is 3.24. The number of benzene rings is 1. The maximum Gasteiger partial charge on any atom is 0.331 e. The van der Waals surface area contributed by atoms with Crippen LogP contribution in [0, 0.1) is 6.92 Å². The highest BCUT2D eigenvalue weighted by Gasteiger charge is 2.11. The average molecular weight is 357 g/mol. The van der Waals surface area contributed by atoms with Gasteiger partial charge in [-0.3, -0.25) is 4.79 Å². The lowest BCUT2D eigenvalue weighted by Crippen LogP contribution is -2.21. The Morgan fingerprint density at radius 1 is 1.12 bits per heavy atom. The number of carbonyl (C=O) groups excluding carboxylic acids is 2. The van der Waals surface area contributed by atoms with Crippen LogP contribution in [0.1, 0.15) is 34.7 Å². The van der Waals surface area contributed by atoms with Crippen LogP contribution in [0.25, 0.3) is 6.08 Å². The first-order valence-corrected chi connectivity index (χ1v) is 9.17. The van der Waals surface area contributed by atoms with Crippen molar-refractivity contribution >= 4 is 35.0 Å². The van der Waals surface area contributed by atoms with Crippen molar-refractivity contribution in [1.29, 1.82) is 0 Å². The highest BCUT2D eigenvalue weighted by atomic mass is 32.1. The van der Waals surface area contributed by atoms with E-state index in [0.717, 1.165) is 34.5 Å². The number of amides is 1. The van der Waals surface area contributed by atoms with Crippen LogP contribution < -0.4 is 5.32 Å². The van der Waals surface area contributed by atoms with E-state index in [0.29, 0.717) is 0 Å². The van der Waals surface area contributed by atoms with Crippen molar-refractivity contribution in [3.05, 3.63) is 57.3 Å². The third-order valence-corrected chi connectivity index (χ3v) is 4.72. The molecule has 5 heteroatoms. The lowest BCUT2D eigenvalue weighted by Gasteiger charge is -2.14. The standard InChI is InChI=1S/C20H23NO3S/c1-4-15-7-6-8-16(5-2)20(15)21-18(22)13-24-19(23)12-11-17-10-9-14(3)25-17/h6-12H,4-5,13H2,1-3H3,(H,21,22)/b12-11+. The number of carbonyl (C=O) groups is 2. The Hall–Kier alpha value is -2.40. The molecule has 4 nitrogen and oxygen atoms in total. The van der Waals surface area contributed by atoms with E-state index in [1.54, 1.807) is 17.4 Å².